The lowest BCUT2D eigenvalue weighted by molar-refractivity contribution is -0.0395. The van der Waals surface area contributed by atoms with Gasteiger partial charge < -0.3 is 14.4 Å². The van der Waals surface area contributed by atoms with Gasteiger partial charge in [-0.15, -0.1) is 0 Å². The van der Waals surface area contributed by atoms with Crippen LogP contribution in [0.5, 0.6) is 0 Å². The average Bonchev–Trinajstić information content (AvgIpc) is 3.13. The molecule has 0 radical (unpaired) electrons. The Bertz CT molecular complexity index is 630. The highest BCUT2D eigenvalue weighted by Gasteiger charge is 2.27. The molecule has 128 valence electrons. The molecule has 5 nitrogen and oxygen atoms in total. The number of benzene rings is 1. The second-order valence-electron chi connectivity index (χ2n) is 6.23. The van der Waals surface area contributed by atoms with E-state index in [1.807, 2.05) is 0 Å². The molecule has 0 aliphatic carbocycles. The van der Waals surface area contributed by atoms with E-state index in [1.165, 1.54) is 18.2 Å². The largest absolute Gasteiger partial charge is 0.376 e. The van der Waals surface area contributed by atoms with Gasteiger partial charge in [-0.05, 0) is 37.8 Å². The molecule has 6 heteroatoms. The fourth-order valence-corrected chi connectivity index (χ4v) is 3.23. The lowest BCUT2D eigenvalue weighted by atomic mass is 10.0. The Kier molecular flexibility index (Phi) is 5.44. The Labute approximate surface area is 141 Å². The highest BCUT2D eigenvalue weighted by molar-refractivity contribution is 5.96. The smallest absolute Gasteiger partial charge is 0.255 e. The number of hydrogen-bond donors (Lipinski definition) is 0. The van der Waals surface area contributed by atoms with Gasteiger partial charge in [0.25, 0.3) is 5.91 Å². The number of carbonyl (C=O) groups is 1. The van der Waals surface area contributed by atoms with E-state index in [9.17, 15) is 9.18 Å². The van der Waals surface area contributed by atoms with Crippen LogP contribution in [0.3, 0.4) is 0 Å². The Morgan fingerprint density at radius 1 is 1.38 bits per heavy atom. The maximum Gasteiger partial charge on any atom is 0.255 e. The normalized spacial score (nSPS) is 21.7. The Hall–Kier alpha value is -1.97. The van der Waals surface area contributed by atoms with E-state index in [0.29, 0.717) is 19.7 Å². The number of halogens is 1. The molecule has 1 unspecified atom stereocenters. The molecule has 1 aromatic carbocycles. The molecule has 0 bridgehead atoms. The van der Waals surface area contributed by atoms with Crippen LogP contribution in [0.15, 0.2) is 18.2 Å². The topological polar surface area (TPSA) is 62.6 Å². The second kappa shape index (κ2) is 7.73. The molecule has 0 N–H and O–H groups in total. The molecule has 0 saturated carbocycles. The highest BCUT2D eigenvalue weighted by atomic mass is 19.1. The zero-order valence-corrected chi connectivity index (χ0v) is 13.5. The van der Waals surface area contributed by atoms with Crippen molar-refractivity contribution in [2.45, 2.75) is 37.9 Å². The van der Waals surface area contributed by atoms with Crippen molar-refractivity contribution in [2.24, 2.45) is 0 Å². The maximum atomic E-state index is 13.7. The molecule has 2 aliphatic heterocycles. The Morgan fingerprint density at radius 3 is 2.83 bits per heavy atom. The fraction of sp³-hybridized carbons (Fsp3) is 0.556. The van der Waals surface area contributed by atoms with Gasteiger partial charge in [-0.2, -0.15) is 5.26 Å². The van der Waals surface area contributed by atoms with Gasteiger partial charge in [0.15, 0.2) is 0 Å². The summed E-state index contributed by atoms with van der Waals surface area (Å²) < 4.78 is 25.1. The molecule has 1 atom stereocenters. The first kappa shape index (κ1) is 16.9. The van der Waals surface area contributed by atoms with Gasteiger partial charge in [-0.3, -0.25) is 4.79 Å². The minimum atomic E-state index is -0.655. The number of nitriles is 1. The SMILES string of the molecule is N#Cc1c(F)cccc1C(=O)N1CCC(OCC2CCCO2)CC1. The molecule has 1 amide bonds. The minimum absolute atomic E-state index is 0.126. The number of amides is 1. The molecule has 0 aromatic heterocycles. The van der Waals surface area contributed by atoms with Crippen LogP contribution in [0.1, 0.15) is 41.6 Å². The summed E-state index contributed by atoms with van der Waals surface area (Å²) in [4.78, 5) is 14.2. The van der Waals surface area contributed by atoms with Crippen LogP contribution in [-0.2, 0) is 9.47 Å². The van der Waals surface area contributed by atoms with E-state index < -0.39 is 5.82 Å². The number of rotatable bonds is 4. The van der Waals surface area contributed by atoms with Crippen LogP contribution in [-0.4, -0.2) is 49.3 Å². The standard InChI is InChI=1S/C18H21FN2O3/c19-17-5-1-4-15(16(17)11-20)18(22)21-8-6-13(7-9-21)24-12-14-3-2-10-23-14/h1,4-5,13-14H,2-3,6-10,12H2. The molecule has 2 fully saturated rings. The average molecular weight is 332 g/mol. The van der Waals surface area contributed by atoms with Crippen molar-refractivity contribution in [1.29, 1.82) is 5.26 Å². The molecule has 2 saturated heterocycles. The van der Waals surface area contributed by atoms with E-state index in [2.05, 4.69) is 0 Å². The summed E-state index contributed by atoms with van der Waals surface area (Å²) in [6, 6.07) is 5.94. The van der Waals surface area contributed by atoms with Gasteiger partial charge in [-0.1, -0.05) is 6.07 Å². The highest BCUT2D eigenvalue weighted by Crippen LogP contribution is 2.21. The first-order valence-corrected chi connectivity index (χ1v) is 8.40. The lowest BCUT2D eigenvalue weighted by Crippen LogP contribution is -2.41. The van der Waals surface area contributed by atoms with Gasteiger partial charge in [0.2, 0.25) is 0 Å². The number of hydrogen-bond acceptors (Lipinski definition) is 4. The van der Waals surface area contributed by atoms with E-state index >= 15 is 0 Å². The molecular formula is C18H21FN2O3. The van der Waals surface area contributed by atoms with Crippen LogP contribution >= 0.6 is 0 Å². The summed E-state index contributed by atoms with van der Waals surface area (Å²) in [5.41, 5.74) is -0.0459. The number of likely N-dealkylation sites (tertiary alicyclic amines) is 1. The van der Waals surface area contributed by atoms with Crippen LogP contribution in [0.4, 0.5) is 4.39 Å². The van der Waals surface area contributed by atoms with Gasteiger partial charge >= 0.3 is 0 Å². The summed E-state index contributed by atoms with van der Waals surface area (Å²) in [6.45, 7) is 2.53. The second-order valence-corrected chi connectivity index (χ2v) is 6.23. The van der Waals surface area contributed by atoms with Gasteiger partial charge in [0, 0.05) is 19.7 Å². The first-order valence-electron chi connectivity index (χ1n) is 8.40. The van der Waals surface area contributed by atoms with Gasteiger partial charge in [0.1, 0.15) is 17.4 Å². The third-order valence-corrected chi connectivity index (χ3v) is 4.63. The van der Waals surface area contributed by atoms with Crippen molar-refractivity contribution in [3.8, 4) is 6.07 Å². The molecule has 24 heavy (non-hydrogen) atoms. The van der Waals surface area contributed by atoms with Crippen molar-refractivity contribution in [2.75, 3.05) is 26.3 Å². The van der Waals surface area contributed by atoms with Crippen LogP contribution in [0.25, 0.3) is 0 Å². The maximum absolute atomic E-state index is 13.7. The van der Waals surface area contributed by atoms with Gasteiger partial charge in [0.05, 0.1) is 24.4 Å². The third kappa shape index (κ3) is 3.74. The van der Waals surface area contributed by atoms with E-state index in [-0.39, 0.29) is 29.2 Å². The summed E-state index contributed by atoms with van der Waals surface area (Å²) in [5, 5.41) is 9.07. The van der Waals surface area contributed by atoms with E-state index in [0.717, 1.165) is 32.3 Å². The Morgan fingerprint density at radius 2 is 2.17 bits per heavy atom. The van der Waals surface area contributed by atoms with Crippen molar-refractivity contribution in [3.63, 3.8) is 0 Å². The number of carbonyl (C=O) groups excluding carboxylic acids is 1. The Balaban J connectivity index is 1.54. The zero-order chi connectivity index (χ0) is 16.9. The minimum Gasteiger partial charge on any atom is -0.376 e. The molecule has 3 rings (SSSR count). The van der Waals surface area contributed by atoms with Crippen molar-refractivity contribution in [1.82, 2.24) is 4.90 Å². The summed E-state index contributed by atoms with van der Waals surface area (Å²) >= 11 is 0. The van der Waals surface area contributed by atoms with Crippen LogP contribution < -0.4 is 0 Å². The third-order valence-electron chi connectivity index (χ3n) is 4.63. The predicted molar refractivity (Wildman–Crippen MR) is 85.0 cm³/mol. The fourth-order valence-electron chi connectivity index (χ4n) is 3.23. The predicted octanol–water partition coefficient (Wildman–Crippen LogP) is 2.50. The number of nitrogens with zero attached hydrogens (tertiary/aromatic N) is 2. The van der Waals surface area contributed by atoms with Crippen LogP contribution in [0.2, 0.25) is 0 Å². The number of piperidine rings is 1. The summed E-state index contributed by atoms with van der Waals surface area (Å²) in [6.07, 6.45) is 3.96. The molecule has 1 aromatic rings. The lowest BCUT2D eigenvalue weighted by Gasteiger charge is -2.32. The first-order chi connectivity index (χ1) is 11.7. The molecule has 0 spiro atoms. The van der Waals surface area contributed by atoms with Crippen molar-refractivity contribution in [3.05, 3.63) is 35.1 Å². The molecule has 2 aliphatic rings. The molecular weight excluding hydrogens is 311 g/mol. The quantitative estimate of drug-likeness (QED) is 0.850. The van der Waals surface area contributed by atoms with E-state index in [1.54, 1.807) is 11.0 Å². The van der Waals surface area contributed by atoms with Crippen LogP contribution in [0, 0.1) is 17.1 Å². The zero-order valence-electron chi connectivity index (χ0n) is 13.5. The summed E-state index contributed by atoms with van der Waals surface area (Å²) in [7, 11) is 0. The summed E-state index contributed by atoms with van der Waals surface area (Å²) in [5.74, 6) is -0.943. The van der Waals surface area contributed by atoms with Crippen molar-refractivity contribution < 1.29 is 18.7 Å². The molecule has 2 heterocycles. The van der Waals surface area contributed by atoms with Gasteiger partial charge in [-0.25, -0.2) is 4.39 Å². The van der Waals surface area contributed by atoms with E-state index in [4.69, 9.17) is 14.7 Å². The monoisotopic (exact) mass is 332 g/mol. The number of ether oxygens (including phenoxy) is 2. The van der Waals surface area contributed by atoms with Crippen molar-refractivity contribution >= 4 is 5.91 Å².